The number of H-pyrrole nitrogens is 1. The quantitative estimate of drug-likeness (QED) is 0.271. The third kappa shape index (κ3) is 8.32. The maximum atomic E-state index is 12.2. The first-order chi connectivity index (χ1) is 10.8. The molecule has 1 aromatic heterocycles. The molecule has 12 nitrogen and oxygen atoms in total. The Hall–Kier alpha value is -0.830. The number of rotatable bonds is 9. The average Bonchev–Trinajstić information content (AvgIpc) is 2.31. The second kappa shape index (κ2) is 8.03. The van der Waals surface area contributed by atoms with E-state index in [4.69, 9.17) is 19.6 Å². The zero-order chi connectivity index (χ0) is 18.6. The van der Waals surface area contributed by atoms with Crippen LogP contribution < -0.4 is 11.2 Å². The van der Waals surface area contributed by atoms with Crippen molar-refractivity contribution >= 4 is 22.8 Å². The Balaban J connectivity index is 2.70. The minimum atomic E-state index is -5.19. The Labute approximate surface area is 135 Å². The zero-order valence-electron chi connectivity index (χ0n) is 12.2. The molecule has 0 fully saturated rings. The van der Waals surface area contributed by atoms with Gasteiger partial charge in [-0.1, -0.05) is 0 Å². The molecule has 0 aliphatic heterocycles. The van der Waals surface area contributed by atoms with Gasteiger partial charge in [0.2, 0.25) is 7.37 Å². The molecule has 0 spiro atoms. The fourth-order valence-electron chi connectivity index (χ4n) is 1.87. The standard InChI is InChI=1S/C9H17N2O10P3/c12-8-3-5-11(9(13)10-8)4-1-2-6-22(14,7-23(15,16)17)21-24(18,19)20/h3,5H,1-2,4,6-7H2,(H,10,12,13)(H2,15,16,17)(H2,18,19,20). The fourth-order valence-corrected chi connectivity index (χ4v) is 7.93. The van der Waals surface area contributed by atoms with Gasteiger partial charge in [-0.3, -0.25) is 18.9 Å². The molecule has 0 aromatic carbocycles. The van der Waals surface area contributed by atoms with Gasteiger partial charge in [0, 0.05) is 25.0 Å². The second-order valence-corrected chi connectivity index (χ2v) is 11.1. The van der Waals surface area contributed by atoms with Crippen LogP contribution in [0.1, 0.15) is 12.8 Å². The van der Waals surface area contributed by atoms with Crippen molar-refractivity contribution in [1.82, 2.24) is 9.55 Å². The van der Waals surface area contributed by atoms with Gasteiger partial charge in [-0.15, -0.1) is 0 Å². The highest BCUT2D eigenvalue weighted by molar-refractivity contribution is 7.76. The lowest BCUT2D eigenvalue weighted by Gasteiger charge is -2.19. The number of unbranched alkanes of at least 4 members (excludes halogenated alkanes) is 1. The molecule has 0 saturated carbocycles. The number of nitrogens with zero attached hydrogens (tertiary/aromatic N) is 1. The van der Waals surface area contributed by atoms with Crippen molar-refractivity contribution in [2.45, 2.75) is 19.4 Å². The van der Waals surface area contributed by atoms with Crippen LogP contribution in [-0.2, 0) is 24.6 Å². The van der Waals surface area contributed by atoms with Gasteiger partial charge in [0.1, 0.15) is 5.90 Å². The van der Waals surface area contributed by atoms with Crippen LogP contribution in [0.4, 0.5) is 0 Å². The SMILES string of the molecule is O=c1ccn(CCCCP(=O)(CP(=O)(O)O)OP(=O)(O)O)c(=O)[nH]1. The summed E-state index contributed by atoms with van der Waals surface area (Å²) in [6.07, 6.45) is 0.967. The Bertz CT molecular complexity index is 789. The molecule has 1 heterocycles. The Morgan fingerprint density at radius 1 is 1.08 bits per heavy atom. The maximum absolute atomic E-state index is 12.2. The minimum Gasteiger partial charge on any atom is -0.324 e. The van der Waals surface area contributed by atoms with Gasteiger partial charge >= 0.3 is 21.1 Å². The Morgan fingerprint density at radius 2 is 1.71 bits per heavy atom. The number of hydrogen-bond acceptors (Lipinski definition) is 6. The van der Waals surface area contributed by atoms with Crippen molar-refractivity contribution in [2.24, 2.45) is 0 Å². The van der Waals surface area contributed by atoms with Crippen molar-refractivity contribution in [2.75, 3.05) is 12.1 Å². The monoisotopic (exact) mass is 406 g/mol. The van der Waals surface area contributed by atoms with E-state index in [-0.39, 0.29) is 19.4 Å². The third-order valence-corrected chi connectivity index (χ3v) is 8.94. The molecule has 0 bridgehead atoms. The van der Waals surface area contributed by atoms with E-state index < -0.39 is 46.1 Å². The van der Waals surface area contributed by atoms with Crippen molar-refractivity contribution in [3.8, 4) is 0 Å². The number of phosphoric acid groups is 1. The number of nitrogens with one attached hydrogen (secondary N) is 1. The number of hydrogen-bond donors (Lipinski definition) is 5. The summed E-state index contributed by atoms with van der Waals surface area (Å²) in [6.45, 7) is 0.0986. The van der Waals surface area contributed by atoms with Gasteiger partial charge in [-0.05, 0) is 12.8 Å². The van der Waals surface area contributed by atoms with Gasteiger partial charge in [-0.25, -0.2) is 13.7 Å². The van der Waals surface area contributed by atoms with Crippen LogP contribution in [0.15, 0.2) is 21.9 Å². The predicted molar refractivity (Wildman–Crippen MR) is 83.1 cm³/mol. The van der Waals surface area contributed by atoms with E-state index in [1.54, 1.807) is 0 Å². The van der Waals surface area contributed by atoms with Crippen LogP contribution in [0.25, 0.3) is 0 Å². The molecule has 1 aromatic rings. The van der Waals surface area contributed by atoms with Crippen molar-refractivity contribution < 1.29 is 37.6 Å². The van der Waals surface area contributed by atoms with E-state index >= 15 is 0 Å². The number of aromatic amines is 1. The third-order valence-electron chi connectivity index (χ3n) is 2.70. The van der Waals surface area contributed by atoms with Crippen molar-refractivity contribution in [1.29, 1.82) is 0 Å². The molecule has 0 aliphatic rings. The van der Waals surface area contributed by atoms with E-state index in [1.807, 2.05) is 4.98 Å². The first-order valence-corrected chi connectivity index (χ1v) is 11.8. The normalized spacial score (nSPS) is 15.2. The molecular weight excluding hydrogens is 389 g/mol. The van der Waals surface area contributed by atoms with E-state index in [2.05, 4.69) is 4.31 Å². The molecule has 0 saturated heterocycles. The van der Waals surface area contributed by atoms with Gasteiger partial charge < -0.3 is 24.1 Å². The minimum absolute atomic E-state index is 0.0167. The summed E-state index contributed by atoms with van der Waals surface area (Å²) >= 11 is 0. The van der Waals surface area contributed by atoms with Gasteiger partial charge in [0.25, 0.3) is 5.56 Å². The highest BCUT2D eigenvalue weighted by atomic mass is 31.3. The first-order valence-electron chi connectivity index (χ1n) is 6.49. The van der Waals surface area contributed by atoms with Crippen LogP contribution in [0.3, 0.4) is 0 Å². The summed E-state index contributed by atoms with van der Waals surface area (Å²) < 4.78 is 39.3. The van der Waals surface area contributed by atoms with Crippen LogP contribution in [0.2, 0.25) is 0 Å². The smallest absolute Gasteiger partial charge is 0.324 e. The van der Waals surface area contributed by atoms with Gasteiger partial charge in [0.05, 0.1) is 0 Å². The largest absolute Gasteiger partial charge is 0.475 e. The topological polar surface area (TPSA) is 196 Å². The summed E-state index contributed by atoms with van der Waals surface area (Å²) in [5.41, 5.74) is -1.23. The molecule has 0 amide bonds. The van der Waals surface area contributed by atoms with Crippen molar-refractivity contribution in [3.63, 3.8) is 0 Å². The second-order valence-electron chi connectivity index (χ2n) is 4.93. The molecule has 138 valence electrons. The van der Waals surface area contributed by atoms with Crippen LogP contribution in [0, 0.1) is 0 Å². The molecule has 1 atom stereocenters. The molecule has 15 heteroatoms. The van der Waals surface area contributed by atoms with Gasteiger partial charge in [-0.2, -0.15) is 0 Å². The predicted octanol–water partition coefficient (Wildman–Crippen LogP) is -0.161. The highest BCUT2D eigenvalue weighted by Gasteiger charge is 2.38. The van der Waals surface area contributed by atoms with E-state index in [0.29, 0.717) is 0 Å². The van der Waals surface area contributed by atoms with E-state index in [0.717, 1.165) is 10.6 Å². The average molecular weight is 406 g/mol. The van der Waals surface area contributed by atoms with Gasteiger partial charge in [0.15, 0.2) is 0 Å². The lowest BCUT2D eigenvalue weighted by atomic mass is 10.3. The number of aromatic nitrogens is 2. The fraction of sp³-hybridized carbons (Fsp3) is 0.556. The molecule has 24 heavy (non-hydrogen) atoms. The van der Waals surface area contributed by atoms with E-state index in [9.17, 15) is 23.3 Å². The van der Waals surface area contributed by atoms with E-state index in [1.165, 1.54) is 6.20 Å². The maximum Gasteiger partial charge on any atom is 0.475 e. The zero-order valence-corrected chi connectivity index (χ0v) is 14.9. The Kier molecular flexibility index (Phi) is 7.10. The summed E-state index contributed by atoms with van der Waals surface area (Å²) in [4.78, 5) is 59.6. The lowest BCUT2D eigenvalue weighted by molar-refractivity contribution is 0.283. The highest BCUT2D eigenvalue weighted by Crippen LogP contribution is 2.65. The number of aryl methyl sites for hydroxylation is 1. The lowest BCUT2D eigenvalue weighted by Crippen LogP contribution is -2.28. The molecular formula is C9H17N2O10P3. The summed E-state index contributed by atoms with van der Waals surface area (Å²) in [5.74, 6) is -1.29. The first kappa shape index (κ1) is 21.2. The van der Waals surface area contributed by atoms with Crippen LogP contribution in [0.5, 0.6) is 0 Å². The molecule has 5 N–H and O–H groups in total. The van der Waals surface area contributed by atoms with Crippen LogP contribution in [-0.4, -0.2) is 41.2 Å². The molecule has 0 radical (unpaired) electrons. The Morgan fingerprint density at radius 3 is 2.21 bits per heavy atom. The summed E-state index contributed by atoms with van der Waals surface area (Å²) in [7, 11) is -14.3. The summed E-state index contributed by atoms with van der Waals surface area (Å²) in [5, 5.41) is 0. The molecule has 0 aliphatic carbocycles. The molecule has 1 rings (SSSR count). The molecule has 1 unspecified atom stereocenters. The van der Waals surface area contributed by atoms with Crippen LogP contribution >= 0.6 is 22.8 Å². The summed E-state index contributed by atoms with van der Waals surface area (Å²) in [6, 6.07) is 1.12. The van der Waals surface area contributed by atoms with Crippen molar-refractivity contribution in [3.05, 3.63) is 33.1 Å².